The van der Waals surface area contributed by atoms with Crippen LogP contribution in [0.3, 0.4) is 0 Å². The number of benzene rings is 3. The Morgan fingerprint density at radius 3 is 2.48 bits per heavy atom. The smallest absolute Gasteiger partial charge is 0.255 e. The Bertz CT molecular complexity index is 1290. The number of amides is 1. The summed E-state index contributed by atoms with van der Waals surface area (Å²) in [7, 11) is 0. The minimum Gasteiger partial charge on any atom is -0.487 e. The number of ether oxygens (including phenoxy) is 1. The van der Waals surface area contributed by atoms with Gasteiger partial charge in [0.1, 0.15) is 17.4 Å². The molecule has 1 aromatic heterocycles. The number of nitrogens with one attached hydrogen (secondary N) is 1. The van der Waals surface area contributed by atoms with Gasteiger partial charge in [-0.3, -0.25) is 9.48 Å². The zero-order valence-electron chi connectivity index (χ0n) is 18.3. The molecule has 3 aromatic carbocycles. The monoisotopic (exact) mass is 479 g/mol. The van der Waals surface area contributed by atoms with Gasteiger partial charge in [-0.2, -0.15) is 5.10 Å². The highest BCUT2D eigenvalue weighted by Crippen LogP contribution is 2.32. The summed E-state index contributed by atoms with van der Waals surface area (Å²) < 4.78 is 7.70. The lowest BCUT2D eigenvalue weighted by Crippen LogP contribution is -2.14. The van der Waals surface area contributed by atoms with Crippen LogP contribution in [0.4, 0.5) is 5.69 Å². The van der Waals surface area contributed by atoms with E-state index in [2.05, 4.69) is 22.5 Å². The van der Waals surface area contributed by atoms with Gasteiger partial charge in [0.2, 0.25) is 0 Å². The highest BCUT2D eigenvalue weighted by atomic mass is 35.5. The number of hydrogen-bond donors (Lipinski definition) is 1. The Morgan fingerprint density at radius 2 is 1.70 bits per heavy atom. The van der Waals surface area contributed by atoms with Gasteiger partial charge in [0, 0.05) is 5.56 Å². The summed E-state index contributed by atoms with van der Waals surface area (Å²) in [4.78, 5) is 13.0. The maximum atomic E-state index is 13.0. The molecule has 4 aromatic rings. The van der Waals surface area contributed by atoms with Crippen molar-refractivity contribution >= 4 is 34.8 Å². The predicted molar refractivity (Wildman–Crippen MR) is 132 cm³/mol. The van der Waals surface area contributed by atoms with E-state index in [1.54, 1.807) is 30.3 Å². The number of aromatic nitrogens is 2. The molecule has 168 valence electrons. The van der Waals surface area contributed by atoms with Gasteiger partial charge >= 0.3 is 0 Å². The number of anilines is 1. The second-order valence-electron chi connectivity index (χ2n) is 7.68. The van der Waals surface area contributed by atoms with Gasteiger partial charge in [-0.05, 0) is 49.2 Å². The largest absolute Gasteiger partial charge is 0.487 e. The third-order valence-corrected chi connectivity index (χ3v) is 6.10. The number of nitrogens with zero attached hydrogens (tertiary/aromatic N) is 2. The molecule has 0 spiro atoms. The fourth-order valence-electron chi connectivity index (χ4n) is 3.53. The molecule has 1 heterocycles. The van der Waals surface area contributed by atoms with E-state index in [1.165, 1.54) is 0 Å². The first kappa shape index (κ1) is 22.9. The van der Waals surface area contributed by atoms with Crippen LogP contribution in [0.5, 0.6) is 5.75 Å². The van der Waals surface area contributed by atoms with E-state index in [4.69, 9.17) is 27.9 Å². The molecule has 0 aliphatic rings. The van der Waals surface area contributed by atoms with E-state index in [0.717, 1.165) is 28.2 Å². The molecule has 0 unspecified atom stereocenters. The van der Waals surface area contributed by atoms with Crippen LogP contribution in [0.15, 0.2) is 72.8 Å². The Labute approximate surface area is 202 Å². The third-order valence-electron chi connectivity index (χ3n) is 5.29. The van der Waals surface area contributed by atoms with Gasteiger partial charge in [-0.1, -0.05) is 71.7 Å². The molecular formula is C26H23Cl2N3O2. The van der Waals surface area contributed by atoms with Gasteiger partial charge in [-0.15, -0.1) is 0 Å². The molecule has 0 bridgehead atoms. The van der Waals surface area contributed by atoms with Crippen molar-refractivity contribution in [3.8, 4) is 5.75 Å². The molecule has 0 fully saturated rings. The first-order chi connectivity index (χ1) is 15.9. The van der Waals surface area contributed by atoms with Crippen LogP contribution < -0.4 is 10.1 Å². The molecule has 4 rings (SSSR count). The van der Waals surface area contributed by atoms with Crippen molar-refractivity contribution in [1.29, 1.82) is 0 Å². The molecule has 7 heteroatoms. The van der Waals surface area contributed by atoms with Gasteiger partial charge in [-0.25, -0.2) is 0 Å². The minimum absolute atomic E-state index is 0.205. The fourth-order valence-corrected chi connectivity index (χ4v) is 3.88. The number of halogens is 2. The van der Waals surface area contributed by atoms with E-state index in [0.29, 0.717) is 27.9 Å². The molecule has 0 atom stereocenters. The standard InChI is InChI=1S/C26H23Cl2N3O2/c1-17-25(18(2)31(30-17)15-19-8-4-3-5-9-19)29-26(32)21-11-6-10-20(14-21)16-33-23-13-7-12-22(27)24(23)28/h3-14H,15-16H2,1-2H3,(H,29,32). The van der Waals surface area contributed by atoms with Gasteiger partial charge < -0.3 is 10.1 Å². The lowest BCUT2D eigenvalue weighted by Gasteiger charge is -2.11. The Morgan fingerprint density at radius 1 is 0.970 bits per heavy atom. The van der Waals surface area contributed by atoms with Crippen molar-refractivity contribution in [3.05, 3.63) is 111 Å². The van der Waals surface area contributed by atoms with E-state index >= 15 is 0 Å². The van der Waals surface area contributed by atoms with Crippen molar-refractivity contribution in [2.24, 2.45) is 0 Å². The molecule has 33 heavy (non-hydrogen) atoms. The van der Waals surface area contributed by atoms with Crippen LogP contribution in [-0.4, -0.2) is 15.7 Å². The SMILES string of the molecule is Cc1nn(Cc2ccccc2)c(C)c1NC(=O)c1cccc(COc2cccc(Cl)c2Cl)c1. The summed E-state index contributed by atoms with van der Waals surface area (Å²) in [6.45, 7) is 4.75. The third kappa shape index (κ3) is 5.38. The highest BCUT2D eigenvalue weighted by Gasteiger charge is 2.16. The van der Waals surface area contributed by atoms with E-state index in [9.17, 15) is 4.79 Å². The number of carbonyl (C=O) groups is 1. The van der Waals surface area contributed by atoms with Gasteiger partial charge in [0.15, 0.2) is 0 Å². The Balaban J connectivity index is 1.46. The number of rotatable bonds is 7. The zero-order chi connectivity index (χ0) is 23.4. The van der Waals surface area contributed by atoms with Gasteiger partial charge in [0.05, 0.1) is 28.6 Å². The molecule has 0 radical (unpaired) electrons. The van der Waals surface area contributed by atoms with E-state index in [1.807, 2.05) is 48.9 Å². The normalized spacial score (nSPS) is 10.8. The fraction of sp³-hybridized carbons (Fsp3) is 0.154. The molecule has 1 amide bonds. The van der Waals surface area contributed by atoms with Crippen molar-refractivity contribution < 1.29 is 9.53 Å². The summed E-state index contributed by atoms with van der Waals surface area (Å²) >= 11 is 12.2. The molecule has 0 aliphatic heterocycles. The van der Waals surface area contributed by atoms with Crippen LogP contribution in [0.1, 0.15) is 32.9 Å². The summed E-state index contributed by atoms with van der Waals surface area (Å²) in [5, 5.41) is 8.42. The molecular weight excluding hydrogens is 457 g/mol. The first-order valence-electron chi connectivity index (χ1n) is 10.5. The van der Waals surface area contributed by atoms with E-state index < -0.39 is 0 Å². The second-order valence-corrected chi connectivity index (χ2v) is 8.47. The van der Waals surface area contributed by atoms with Gasteiger partial charge in [0.25, 0.3) is 5.91 Å². The van der Waals surface area contributed by atoms with Crippen molar-refractivity contribution in [3.63, 3.8) is 0 Å². The van der Waals surface area contributed by atoms with E-state index in [-0.39, 0.29) is 12.5 Å². The zero-order valence-corrected chi connectivity index (χ0v) is 19.8. The number of aryl methyl sites for hydroxylation is 1. The summed E-state index contributed by atoms with van der Waals surface area (Å²) in [5.41, 5.74) is 4.92. The predicted octanol–water partition coefficient (Wildman–Crippen LogP) is 6.69. The summed E-state index contributed by atoms with van der Waals surface area (Å²) in [5.74, 6) is 0.291. The lowest BCUT2D eigenvalue weighted by atomic mass is 10.1. The van der Waals surface area contributed by atoms with Crippen molar-refractivity contribution in [2.45, 2.75) is 27.0 Å². The molecule has 0 saturated heterocycles. The highest BCUT2D eigenvalue weighted by molar-refractivity contribution is 6.42. The molecule has 5 nitrogen and oxygen atoms in total. The molecule has 0 saturated carbocycles. The average molecular weight is 480 g/mol. The average Bonchev–Trinajstić information content (AvgIpc) is 3.08. The first-order valence-corrected chi connectivity index (χ1v) is 11.2. The van der Waals surface area contributed by atoms with Crippen LogP contribution >= 0.6 is 23.2 Å². The lowest BCUT2D eigenvalue weighted by molar-refractivity contribution is 0.102. The number of carbonyl (C=O) groups excluding carboxylic acids is 1. The van der Waals surface area contributed by atoms with Crippen LogP contribution in [-0.2, 0) is 13.2 Å². The topological polar surface area (TPSA) is 56.2 Å². The summed E-state index contributed by atoms with van der Waals surface area (Å²) in [6.07, 6.45) is 0. The van der Waals surface area contributed by atoms with Crippen LogP contribution in [0.2, 0.25) is 10.0 Å². The second kappa shape index (κ2) is 10.1. The number of hydrogen-bond acceptors (Lipinski definition) is 3. The van der Waals surface area contributed by atoms with Crippen LogP contribution in [0.25, 0.3) is 0 Å². The van der Waals surface area contributed by atoms with Crippen molar-refractivity contribution in [1.82, 2.24) is 9.78 Å². The van der Waals surface area contributed by atoms with Crippen LogP contribution in [0, 0.1) is 13.8 Å². The Kier molecular flexibility index (Phi) is 7.02. The Hall–Kier alpha value is -3.28. The summed E-state index contributed by atoms with van der Waals surface area (Å²) in [6, 6.07) is 22.6. The maximum Gasteiger partial charge on any atom is 0.255 e. The maximum absolute atomic E-state index is 13.0. The minimum atomic E-state index is -0.205. The molecule has 0 aliphatic carbocycles. The quantitative estimate of drug-likeness (QED) is 0.321. The molecule has 1 N–H and O–H groups in total. The van der Waals surface area contributed by atoms with Crippen molar-refractivity contribution in [2.75, 3.05) is 5.32 Å².